The van der Waals surface area contributed by atoms with Gasteiger partial charge in [-0.25, -0.2) is 0 Å². The van der Waals surface area contributed by atoms with Crippen LogP contribution < -0.4 is 9.47 Å². The van der Waals surface area contributed by atoms with E-state index in [-0.39, 0.29) is 12.5 Å². The van der Waals surface area contributed by atoms with Gasteiger partial charge in [-0.15, -0.1) is 0 Å². The summed E-state index contributed by atoms with van der Waals surface area (Å²) in [6, 6.07) is 15.5. The van der Waals surface area contributed by atoms with Crippen molar-refractivity contribution in [2.24, 2.45) is 0 Å². The Kier molecular flexibility index (Phi) is 8.12. The fourth-order valence-electron chi connectivity index (χ4n) is 4.42. The largest absolute Gasteiger partial charge is 0.494 e. The summed E-state index contributed by atoms with van der Waals surface area (Å²) in [6.07, 6.45) is 3.84. The molecule has 7 heteroatoms. The molecule has 2 aromatic rings. The van der Waals surface area contributed by atoms with E-state index in [2.05, 4.69) is 17.0 Å². The van der Waals surface area contributed by atoms with Crippen LogP contribution in [-0.2, 0) is 11.3 Å². The molecule has 0 bridgehead atoms. The molecule has 0 aromatic heterocycles. The monoisotopic (exact) mass is 472 g/mol. The predicted octanol–water partition coefficient (Wildman–Crippen LogP) is 4.14. The number of hydrogen-bond acceptors (Lipinski definition) is 5. The van der Waals surface area contributed by atoms with Gasteiger partial charge in [0.1, 0.15) is 23.7 Å². The van der Waals surface area contributed by atoms with Gasteiger partial charge in [0.05, 0.1) is 6.61 Å². The SMILES string of the molecule is O=C1CCCN1CCCOc1cccc(CN2CCC(O)(COc3cccc(Cl)c3)CC2)c1. The molecule has 178 valence electrons. The highest BCUT2D eigenvalue weighted by Crippen LogP contribution is 2.26. The van der Waals surface area contributed by atoms with Crippen LogP contribution in [0.2, 0.25) is 5.02 Å². The number of carbonyl (C=O) groups excluding carboxylic acids is 1. The lowest BCUT2D eigenvalue weighted by Gasteiger charge is -2.38. The molecule has 4 rings (SSSR count). The number of amides is 1. The molecule has 2 aliphatic heterocycles. The molecule has 0 spiro atoms. The molecule has 2 heterocycles. The first-order chi connectivity index (χ1) is 16.0. The Morgan fingerprint density at radius 3 is 2.48 bits per heavy atom. The molecule has 0 saturated carbocycles. The first kappa shape index (κ1) is 23.9. The number of ether oxygens (including phenoxy) is 2. The minimum atomic E-state index is -0.819. The van der Waals surface area contributed by atoms with Crippen LogP contribution in [0.15, 0.2) is 48.5 Å². The van der Waals surface area contributed by atoms with E-state index in [1.807, 2.05) is 29.2 Å². The lowest BCUT2D eigenvalue weighted by Crippen LogP contribution is -2.47. The molecular formula is C26H33ClN2O4. The number of carbonyl (C=O) groups is 1. The van der Waals surface area contributed by atoms with Gasteiger partial charge in [-0.05, 0) is 61.6 Å². The summed E-state index contributed by atoms with van der Waals surface area (Å²) in [5, 5.41) is 11.5. The smallest absolute Gasteiger partial charge is 0.222 e. The third-order valence-corrected chi connectivity index (χ3v) is 6.64. The van der Waals surface area contributed by atoms with Crippen LogP contribution in [0.25, 0.3) is 0 Å². The molecule has 0 radical (unpaired) electrons. The van der Waals surface area contributed by atoms with Gasteiger partial charge in [0.2, 0.25) is 5.91 Å². The molecule has 2 saturated heterocycles. The maximum atomic E-state index is 11.7. The molecular weight excluding hydrogens is 440 g/mol. The molecule has 0 atom stereocenters. The zero-order valence-corrected chi connectivity index (χ0v) is 19.8. The minimum Gasteiger partial charge on any atom is -0.494 e. The van der Waals surface area contributed by atoms with Crippen LogP contribution in [0.3, 0.4) is 0 Å². The summed E-state index contributed by atoms with van der Waals surface area (Å²) in [6.45, 7) is 4.98. The zero-order valence-electron chi connectivity index (χ0n) is 19.0. The summed E-state index contributed by atoms with van der Waals surface area (Å²) in [7, 11) is 0. The quantitative estimate of drug-likeness (QED) is 0.526. The first-order valence-corrected chi connectivity index (χ1v) is 12.2. The van der Waals surface area contributed by atoms with Gasteiger partial charge < -0.3 is 19.5 Å². The van der Waals surface area contributed by atoms with E-state index in [9.17, 15) is 9.90 Å². The van der Waals surface area contributed by atoms with Gasteiger partial charge in [0.25, 0.3) is 0 Å². The van der Waals surface area contributed by atoms with E-state index in [1.54, 1.807) is 12.1 Å². The van der Waals surface area contributed by atoms with Crippen molar-refractivity contribution in [3.8, 4) is 11.5 Å². The first-order valence-electron chi connectivity index (χ1n) is 11.8. The second kappa shape index (κ2) is 11.2. The van der Waals surface area contributed by atoms with Crippen molar-refractivity contribution in [2.75, 3.05) is 39.4 Å². The normalized spacial score (nSPS) is 18.5. The molecule has 33 heavy (non-hydrogen) atoms. The maximum absolute atomic E-state index is 11.7. The Balaban J connectivity index is 1.18. The van der Waals surface area contributed by atoms with Crippen LogP contribution in [0.4, 0.5) is 0 Å². The van der Waals surface area contributed by atoms with Gasteiger partial charge >= 0.3 is 0 Å². The van der Waals surface area contributed by atoms with Crippen LogP contribution in [-0.4, -0.2) is 65.8 Å². The van der Waals surface area contributed by atoms with Gasteiger partial charge in [-0.2, -0.15) is 0 Å². The third kappa shape index (κ3) is 7.10. The number of benzene rings is 2. The molecule has 2 aliphatic rings. The van der Waals surface area contributed by atoms with E-state index in [1.165, 1.54) is 5.56 Å². The van der Waals surface area contributed by atoms with Crippen molar-refractivity contribution in [2.45, 2.75) is 44.2 Å². The highest BCUT2D eigenvalue weighted by Gasteiger charge is 2.33. The van der Waals surface area contributed by atoms with Crippen molar-refractivity contribution in [3.05, 3.63) is 59.1 Å². The number of aliphatic hydroxyl groups is 1. The fraction of sp³-hybridized carbons (Fsp3) is 0.500. The van der Waals surface area contributed by atoms with Crippen LogP contribution in [0.5, 0.6) is 11.5 Å². The number of rotatable bonds is 10. The van der Waals surface area contributed by atoms with Crippen molar-refractivity contribution < 1.29 is 19.4 Å². The number of halogens is 1. The van der Waals surface area contributed by atoms with Crippen molar-refractivity contribution in [1.29, 1.82) is 0 Å². The highest BCUT2D eigenvalue weighted by atomic mass is 35.5. The number of hydrogen-bond donors (Lipinski definition) is 1. The molecule has 1 amide bonds. The van der Waals surface area contributed by atoms with Gasteiger partial charge in [0.15, 0.2) is 0 Å². The van der Waals surface area contributed by atoms with E-state index in [4.69, 9.17) is 21.1 Å². The number of nitrogens with zero attached hydrogens (tertiary/aromatic N) is 2. The molecule has 0 unspecified atom stereocenters. The Morgan fingerprint density at radius 1 is 1.00 bits per heavy atom. The number of piperidine rings is 1. The lowest BCUT2D eigenvalue weighted by atomic mass is 9.92. The fourth-order valence-corrected chi connectivity index (χ4v) is 4.60. The standard InChI is InChI=1S/C26H33ClN2O4/c27-22-6-2-8-24(18-22)33-20-26(31)10-14-28(15-11-26)19-21-5-1-7-23(17-21)32-16-4-13-29-12-3-9-25(29)30/h1-2,5-8,17-18,31H,3-4,9-16,19-20H2. The summed E-state index contributed by atoms with van der Waals surface area (Å²) >= 11 is 6.00. The molecule has 2 aromatic carbocycles. The molecule has 0 aliphatic carbocycles. The second-order valence-corrected chi connectivity index (χ2v) is 9.52. The Bertz CT molecular complexity index is 930. The molecule has 6 nitrogen and oxygen atoms in total. The summed E-state index contributed by atoms with van der Waals surface area (Å²) < 4.78 is 11.7. The van der Waals surface area contributed by atoms with E-state index >= 15 is 0 Å². The summed E-state index contributed by atoms with van der Waals surface area (Å²) in [5.41, 5.74) is 0.378. The van der Waals surface area contributed by atoms with E-state index in [0.29, 0.717) is 36.6 Å². The van der Waals surface area contributed by atoms with Crippen molar-refractivity contribution in [3.63, 3.8) is 0 Å². The zero-order chi connectivity index (χ0) is 23.1. The topological polar surface area (TPSA) is 62.2 Å². The highest BCUT2D eigenvalue weighted by molar-refractivity contribution is 6.30. The Labute approximate surface area is 201 Å². The second-order valence-electron chi connectivity index (χ2n) is 9.08. The third-order valence-electron chi connectivity index (χ3n) is 6.41. The lowest BCUT2D eigenvalue weighted by molar-refractivity contribution is -0.127. The maximum Gasteiger partial charge on any atom is 0.222 e. The minimum absolute atomic E-state index is 0.265. The van der Waals surface area contributed by atoms with Gasteiger partial charge in [0, 0.05) is 44.2 Å². The predicted molar refractivity (Wildman–Crippen MR) is 129 cm³/mol. The number of likely N-dealkylation sites (tertiary alicyclic amines) is 2. The Morgan fingerprint density at radius 2 is 1.76 bits per heavy atom. The van der Waals surface area contributed by atoms with Crippen LogP contribution in [0.1, 0.15) is 37.7 Å². The van der Waals surface area contributed by atoms with E-state index < -0.39 is 5.60 Å². The van der Waals surface area contributed by atoms with Gasteiger partial charge in [-0.1, -0.05) is 29.8 Å². The summed E-state index contributed by atoms with van der Waals surface area (Å²) in [4.78, 5) is 16.0. The Hall–Kier alpha value is -2.28. The average molecular weight is 473 g/mol. The van der Waals surface area contributed by atoms with Crippen molar-refractivity contribution in [1.82, 2.24) is 9.80 Å². The van der Waals surface area contributed by atoms with E-state index in [0.717, 1.165) is 51.3 Å². The van der Waals surface area contributed by atoms with Crippen LogP contribution in [0, 0.1) is 0 Å². The summed E-state index contributed by atoms with van der Waals surface area (Å²) in [5.74, 6) is 1.81. The average Bonchev–Trinajstić information content (AvgIpc) is 3.22. The molecule has 1 N–H and O–H groups in total. The van der Waals surface area contributed by atoms with Crippen LogP contribution >= 0.6 is 11.6 Å². The molecule has 2 fully saturated rings. The van der Waals surface area contributed by atoms with Gasteiger partial charge in [-0.3, -0.25) is 9.69 Å². The van der Waals surface area contributed by atoms with Crippen molar-refractivity contribution >= 4 is 17.5 Å².